The highest BCUT2D eigenvalue weighted by molar-refractivity contribution is 5.95. The molecule has 20 heavy (non-hydrogen) atoms. The van der Waals surface area contributed by atoms with E-state index in [0.29, 0.717) is 27.7 Å². The molecule has 0 aliphatic heterocycles. The molecule has 3 rings (SSSR count). The van der Waals surface area contributed by atoms with Crippen LogP contribution in [0.4, 0.5) is 10.2 Å². The second-order valence-electron chi connectivity index (χ2n) is 4.57. The Balaban J connectivity index is 2.36. The molecule has 0 radical (unpaired) electrons. The van der Waals surface area contributed by atoms with Crippen molar-refractivity contribution in [2.45, 2.75) is 6.92 Å². The molecular weight excluding hydrogens is 257 g/mol. The first-order valence-electron chi connectivity index (χ1n) is 6.12. The van der Waals surface area contributed by atoms with Gasteiger partial charge in [0.05, 0.1) is 5.56 Å². The molecule has 5 heteroatoms. The average Bonchev–Trinajstić information content (AvgIpc) is 2.45. The lowest BCUT2D eigenvalue weighted by Crippen LogP contribution is -2.15. The molecule has 100 valence electrons. The molecule has 4 nitrogen and oxygen atoms in total. The number of hydrogen-bond acceptors (Lipinski definition) is 3. The molecule has 0 bridgehead atoms. The number of aromatic nitrogens is 2. The number of fused-ring (bicyclic) bond motifs is 1. The third-order valence-electron chi connectivity index (χ3n) is 3.31. The van der Waals surface area contributed by atoms with Crippen molar-refractivity contribution in [3.8, 4) is 11.4 Å². The summed E-state index contributed by atoms with van der Waals surface area (Å²) in [6, 6.07) is 9.97. The molecule has 2 aromatic carbocycles. The standard InChI is InChI=1S/C15H12FN3O/c1-8-13(17)18-14(19-15(8)20)11-6-7-12(16)10-5-3-2-4-9(10)11/h2-7H,1H3,(H3,17,18,19,20). The summed E-state index contributed by atoms with van der Waals surface area (Å²) in [5.74, 6) is 0.207. The van der Waals surface area contributed by atoms with E-state index in [-0.39, 0.29) is 17.2 Å². The van der Waals surface area contributed by atoms with E-state index in [4.69, 9.17) is 5.73 Å². The van der Waals surface area contributed by atoms with Gasteiger partial charge in [0.1, 0.15) is 17.5 Å². The summed E-state index contributed by atoms with van der Waals surface area (Å²) < 4.78 is 13.8. The molecule has 0 aliphatic carbocycles. The van der Waals surface area contributed by atoms with Crippen LogP contribution >= 0.6 is 0 Å². The van der Waals surface area contributed by atoms with Crippen molar-refractivity contribution in [3.05, 3.63) is 58.1 Å². The zero-order chi connectivity index (χ0) is 14.3. The molecule has 1 heterocycles. The van der Waals surface area contributed by atoms with Crippen LogP contribution in [0.15, 0.2) is 41.2 Å². The van der Waals surface area contributed by atoms with Crippen molar-refractivity contribution in [2.24, 2.45) is 0 Å². The minimum atomic E-state index is -0.313. The minimum Gasteiger partial charge on any atom is -0.383 e. The van der Waals surface area contributed by atoms with Crippen LogP contribution < -0.4 is 11.3 Å². The van der Waals surface area contributed by atoms with Gasteiger partial charge in [-0.05, 0) is 24.4 Å². The number of anilines is 1. The van der Waals surface area contributed by atoms with E-state index in [1.807, 2.05) is 0 Å². The summed E-state index contributed by atoms with van der Waals surface area (Å²) in [4.78, 5) is 18.6. The molecule has 0 atom stereocenters. The Morgan fingerprint density at radius 3 is 2.55 bits per heavy atom. The SMILES string of the molecule is Cc1c(N)nc(-c2ccc(F)c3ccccc23)[nH]c1=O. The van der Waals surface area contributed by atoms with Gasteiger partial charge >= 0.3 is 0 Å². The van der Waals surface area contributed by atoms with Crippen molar-refractivity contribution in [3.63, 3.8) is 0 Å². The van der Waals surface area contributed by atoms with Gasteiger partial charge in [0, 0.05) is 10.9 Å². The van der Waals surface area contributed by atoms with Crippen molar-refractivity contribution in [1.82, 2.24) is 9.97 Å². The molecule has 0 aliphatic rings. The number of nitrogens with one attached hydrogen (secondary N) is 1. The molecular formula is C15H12FN3O. The van der Waals surface area contributed by atoms with Crippen molar-refractivity contribution in [1.29, 1.82) is 0 Å². The van der Waals surface area contributed by atoms with E-state index in [1.165, 1.54) is 6.07 Å². The highest BCUT2D eigenvalue weighted by Gasteiger charge is 2.11. The zero-order valence-electron chi connectivity index (χ0n) is 10.8. The number of hydrogen-bond donors (Lipinski definition) is 2. The number of rotatable bonds is 1. The predicted octanol–water partition coefficient (Wildman–Crippen LogP) is 2.62. The maximum Gasteiger partial charge on any atom is 0.256 e. The van der Waals surface area contributed by atoms with Gasteiger partial charge in [-0.2, -0.15) is 0 Å². The second kappa shape index (κ2) is 4.45. The van der Waals surface area contributed by atoms with E-state index in [0.717, 1.165) is 0 Å². The van der Waals surface area contributed by atoms with Crippen LogP contribution in [-0.2, 0) is 0 Å². The Morgan fingerprint density at radius 1 is 1.15 bits per heavy atom. The zero-order valence-corrected chi connectivity index (χ0v) is 10.8. The first kappa shape index (κ1) is 12.3. The number of nitrogens with zero attached hydrogens (tertiary/aromatic N) is 1. The lowest BCUT2D eigenvalue weighted by Gasteiger charge is -2.08. The van der Waals surface area contributed by atoms with Gasteiger partial charge in [-0.1, -0.05) is 24.3 Å². The molecule has 0 saturated heterocycles. The highest BCUT2D eigenvalue weighted by Crippen LogP contribution is 2.28. The summed E-state index contributed by atoms with van der Waals surface area (Å²) in [5, 5.41) is 1.16. The maximum atomic E-state index is 13.8. The Morgan fingerprint density at radius 2 is 1.85 bits per heavy atom. The Kier molecular flexibility index (Phi) is 2.75. The predicted molar refractivity (Wildman–Crippen MR) is 76.9 cm³/mol. The Bertz CT molecular complexity index is 871. The van der Waals surface area contributed by atoms with Crippen LogP contribution in [0.1, 0.15) is 5.56 Å². The monoisotopic (exact) mass is 269 g/mol. The van der Waals surface area contributed by atoms with E-state index >= 15 is 0 Å². The van der Waals surface area contributed by atoms with Crippen molar-refractivity contribution < 1.29 is 4.39 Å². The quantitative estimate of drug-likeness (QED) is 0.713. The van der Waals surface area contributed by atoms with E-state index in [1.54, 1.807) is 37.3 Å². The third-order valence-corrected chi connectivity index (χ3v) is 3.31. The molecule has 3 N–H and O–H groups in total. The van der Waals surface area contributed by atoms with Crippen molar-refractivity contribution in [2.75, 3.05) is 5.73 Å². The smallest absolute Gasteiger partial charge is 0.256 e. The third kappa shape index (κ3) is 1.84. The lowest BCUT2D eigenvalue weighted by molar-refractivity contribution is 0.640. The molecule has 0 saturated carbocycles. The first-order valence-corrected chi connectivity index (χ1v) is 6.12. The minimum absolute atomic E-state index is 0.178. The summed E-state index contributed by atoms with van der Waals surface area (Å²) in [6.07, 6.45) is 0. The molecule has 0 spiro atoms. The largest absolute Gasteiger partial charge is 0.383 e. The first-order chi connectivity index (χ1) is 9.58. The van der Waals surface area contributed by atoms with Gasteiger partial charge in [0.15, 0.2) is 0 Å². The second-order valence-corrected chi connectivity index (χ2v) is 4.57. The summed E-state index contributed by atoms with van der Waals surface area (Å²) >= 11 is 0. The van der Waals surface area contributed by atoms with Crippen molar-refractivity contribution >= 4 is 16.6 Å². The van der Waals surface area contributed by atoms with Gasteiger partial charge < -0.3 is 10.7 Å². The van der Waals surface area contributed by atoms with Crippen LogP contribution in [0.3, 0.4) is 0 Å². The van der Waals surface area contributed by atoms with Crippen LogP contribution in [0.25, 0.3) is 22.2 Å². The van der Waals surface area contributed by atoms with Gasteiger partial charge in [0.25, 0.3) is 5.56 Å². The maximum absolute atomic E-state index is 13.8. The summed E-state index contributed by atoms with van der Waals surface area (Å²) in [6.45, 7) is 1.60. The van der Waals surface area contributed by atoms with Crippen LogP contribution in [-0.4, -0.2) is 9.97 Å². The Hall–Kier alpha value is -2.69. The summed E-state index contributed by atoms with van der Waals surface area (Å²) in [5.41, 5.74) is 6.46. The number of halogens is 1. The number of H-pyrrole nitrogens is 1. The topological polar surface area (TPSA) is 71.8 Å². The molecule has 1 aromatic heterocycles. The van der Waals surface area contributed by atoms with Crippen LogP contribution in [0.2, 0.25) is 0 Å². The fourth-order valence-corrected chi connectivity index (χ4v) is 2.15. The average molecular weight is 269 g/mol. The van der Waals surface area contributed by atoms with Gasteiger partial charge in [-0.15, -0.1) is 0 Å². The molecule has 3 aromatic rings. The van der Waals surface area contributed by atoms with Gasteiger partial charge in [-0.3, -0.25) is 4.79 Å². The van der Waals surface area contributed by atoms with Crippen LogP contribution in [0.5, 0.6) is 0 Å². The normalized spacial score (nSPS) is 10.9. The van der Waals surface area contributed by atoms with E-state index in [2.05, 4.69) is 9.97 Å². The van der Waals surface area contributed by atoms with Gasteiger partial charge in [-0.25, -0.2) is 9.37 Å². The number of aromatic amines is 1. The summed E-state index contributed by atoms with van der Waals surface area (Å²) in [7, 11) is 0. The van der Waals surface area contributed by atoms with Gasteiger partial charge in [0.2, 0.25) is 0 Å². The number of benzene rings is 2. The molecule has 0 unspecified atom stereocenters. The fourth-order valence-electron chi connectivity index (χ4n) is 2.15. The number of nitrogens with two attached hydrogens (primary N) is 1. The molecule has 0 amide bonds. The molecule has 0 fully saturated rings. The highest BCUT2D eigenvalue weighted by atomic mass is 19.1. The van der Waals surface area contributed by atoms with E-state index in [9.17, 15) is 9.18 Å². The van der Waals surface area contributed by atoms with E-state index < -0.39 is 0 Å². The van der Waals surface area contributed by atoms with Crippen LogP contribution in [0, 0.1) is 12.7 Å². The lowest BCUT2D eigenvalue weighted by atomic mass is 10.0. The number of nitrogen functional groups attached to an aromatic ring is 1. The fraction of sp³-hybridized carbons (Fsp3) is 0.0667. The Labute approximate surface area is 114 Å².